The average molecular weight is 441 g/mol. The standard InChI is InChI=1S/C23H24N2O5S/c1-25(2)31(27,28)20-13-14-22(29-3)21(15-20)24-23(26)18-9-11-19(12-10-18)30-16-17-7-5-4-6-8-17/h4-15H,16H2,1-3H3,(H,24,26). The molecule has 0 radical (unpaired) electrons. The van der Waals surface area contributed by atoms with Crippen molar-refractivity contribution in [3.05, 3.63) is 83.9 Å². The van der Waals surface area contributed by atoms with Crippen LogP contribution in [0, 0.1) is 0 Å². The first-order chi connectivity index (χ1) is 14.8. The maximum absolute atomic E-state index is 12.7. The van der Waals surface area contributed by atoms with E-state index in [-0.39, 0.29) is 10.6 Å². The first kappa shape index (κ1) is 22.3. The topological polar surface area (TPSA) is 84.9 Å². The maximum atomic E-state index is 12.7. The SMILES string of the molecule is COc1ccc(S(=O)(=O)N(C)C)cc1NC(=O)c1ccc(OCc2ccccc2)cc1. The summed E-state index contributed by atoms with van der Waals surface area (Å²) in [5.41, 5.74) is 1.71. The molecule has 31 heavy (non-hydrogen) atoms. The fourth-order valence-electron chi connectivity index (χ4n) is 2.79. The van der Waals surface area contributed by atoms with Crippen molar-refractivity contribution in [3.63, 3.8) is 0 Å². The number of carbonyl (C=O) groups excluding carboxylic acids is 1. The number of rotatable bonds is 8. The number of hydrogen-bond donors (Lipinski definition) is 1. The summed E-state index contributed by atoms with van der Waals surface area (Å²) in [6.07, 6.45) is 0. The lowest BCUT2D eigenvalue weighted by Gasteiger charge is -2.15. The maximum Gasteiger partial charge on any atom is 0.255 e. The van der Waals surface area contributed by atoms with Gasteiger partial charge in [-0.3, -0.25) is 4.79 Å². The second-order valence-electron chi connectivity index (χ2n) is 6.90. The van der Waals surface area contributed by atoms with Crippen LogP contribution in [0.4, 0.5) is 5.69 Å². The van der Waals surface area contributed by atoms with Crippen LogP contribution in [-0.4, -0.2) is 39.8 Å². The van der Waals surface area contributed by atoms with Crippen LogP contribution in [-0.2, 0) is 16.6 Å². The predicted octanol–water partition coefficient (Wildman–Crippen LogP) is 3.78. The van der Waals surface area contributed by atoms with Crippen molar-refractivity contribution >= 4 is 21.6 Å². The molecule has 0 aromatic heterocycles. The van der Waals surface area contributed by atoms with Crippen LogP contribution >= 0.6 is 0 Å². The number of ether oxygens (including phenoxy) is 2. The zero-order valence-electron chi connectivity index (χ0n) is 17.5. The van der Waals surface area contributed by atoms with E-state index >= 15 is 0 Å². The summed E-state index contributed by atoms with van der Waals surface area (Å²) in [5.74, 6) is 0.596. The number of amides is 1. The number of nitrogens with one attached hydrogen (secondary N) is 1. The third-order valence-corrected chi connectivity index (χ3v) is 6.37. The van der Waals surface area contributed by atoms with Gasteiger partial charge in [-0.1, -0.05) is 30.3 Å². The molecule has 1 amide bonds. The van der Waals surface area contributed by atoms with Crippen LogP contribution in [0.1, 0.15) is 15.9 Å². The molecule has 3 rings (SSSR count). The number of sulfonamides is 1. The first-order valence-corrected chi connectivity index (χ1v) is 10.9. The minimum absolute atomic E-state index is 0.0539. The molecular weight excluding hydrogens is 416 g/mol. The molecule has 1 N–H and O–H groups in total. The highest BCUT2D eigenvalue weighted by Crippen LogP contribution is 2.29. The van der Waals surface area contributed by atoms with E-state index in [2.05, 4.69) is 5.32 Å². The van der Waals surface area contributed by atoms with Gasteiger partial charge in [0, 0.05) is 19.7 Å². The number of anilines is 1. The molecule has 3 aromatic carbocycles. The summed E-state index contributed by atoms with van der Waals surface area (Å²) >= 11 is 0. The fourth-order valence-corrected chi connectivity index (χ4v) is 3.72. The number of benzene rings is 3. The van der Waals surface area contributed by atoms with Crippen molar-refractivity contribution < 1.29 is 22.7 Å². The second-order valence-corrected chi connectivity index (χ2v) is 9.05. The lowest BCUT2D eigenvalue weighted by Crippen LogP contribution is -2.22. The van der Waals surface area contributed by atoms with Gasteiger partial charge in [0.2, 0.25) is 10.0 Å². The van der Waals surface area contributed by atoms with Crippen LogP contribution in [0.5, 0.6) is 11.5 Å². The summed E-state index contributed by atoms with van der Waals surface area (Å²) in [4.78, 5) is 12.8. The lowest BCUT2D eigenvalue weighted by atomic mass is 10.2. The Morgan fingerprint density at radius 3 is 2.26 bits per heavy atom. The molecule has 0 aliphatic rings. The van der Waals surface area contributed by atoms with Crippen LogP contribution < -0.4 is 14.8 Å². The van der Waals surface area contributed by atoms with Gasteiger partial charge in [-0.15, -0.1) is 0 Å². The lowest BCUT2D eigenvalue weighted by molar-refractivity contribution is 0.102. The molecule has 0 aliphatic heterocycles. The van der Waals surface area contributed by atoms with Crippen molar-refractivity contribution in [2.75, 3.05) is 26.5 Å². The Morgan fingerprint density at radius 1 is 0.968 bits per heavy atom. The van der Waals surface area contributed by atoms with Crippen molar-refractivity contribution in [2.24, 2.45) is 0 Å². The molecular formula is C23H24N2O5S. The molecule has 0 atom stereocenters. The number of hydrogen-bond acceptors (Lipinski definition) is 5. The van der Waals surface area contributed by atoms with E-state index in [0.29, 0.717) is 23.7 Å². The highest BCUT2D eigenvalue weighted by Gasteiger charge is 2.20. The molecule has 8 heteroatoms. The monoisotopic (exact) mass is 440 g/mol. The Morgan fingerprint density at radius 2 is 1.65 bits per heavy atom. The van der Waals surface area contributed by atoms with E-state index in [0.717, 1.165) is 9.87 Å². The van der Waals surface area contributed by atoms with E-state index < -0.39 is 15.9 Å². The van der Waals surface area contributed by atoms with Gasteiger partial charge in [0.25, 0.3) is 5.91 Å². The number of methoxy groups -OCH3 is 1. The van der Waals surface area contributed by atoms with Gasteiger partial charge in [-0.25, -0.2) is 12.7 Å². The third kappa shape index (κ3) is 5.42. The van der Waals surface area contributed by atoms with Gasteiger partial charge >= 0.3 is 0 Å². The molecule has 0 heterocycles. The zero-order valence-corrected chi connectivity index (χ0v) is 18.3. The molecule has 0 unspecified atom stereocenters. The van der Waals surface area contributed by atoms with Gasteiger partial charge < -0.3 is 14.8 Å². The summed E-state index contributed by atoms with van der Waals surface area (Å²) in [6.45, 7) is 0.427. The van der Waals surface area contributed by atoms with E-state index in [9.17, 15) is 13.2 Å². The Kier molecular flexibility index (Phi) is 6.94. The molecule has 0 aliphatic carbocycles. The van der Waals surface area contributed by atoms with Crippen molar-refractivity contribution in [3.8, 4) is 11.5 Å². The molecule has 162 valence electrons. The van der Waals surface area contributed by atoms with Gasteiger partial charge in [-0.2, -0.15) is 0 Å². The molecule has 3 aromatic rings. The average Bonchev–Trinajstić information content (AvgIpc) is 2.78. The van der Waals surface area contributed by atoms with E-state index in [4.69, 9.17) is 9.47 Å². The van der Waals surface area contributed by atoms with Gasteiger partial charge in [0.05, 0.1) is 17.7 Å². The molecule has 7 nitrogen and oxygen atoms in total. The van der Waals surface area contributed by atoms with Crippen molar-refractivity contribution in [1.82, 2.24) is 4.31 Å². The Balaban J connectivity index is 1.73. The van der Waals surface area contributed by atoms with E-state index in [1.807, 2.05) is 30.3 Å². The summed E-state index contributed by atoms with van der Waals surface area (Å²) in [7, 11) is 0.686. The van der Waals surface area contributed by atoms with Crippen LogP contribution in [0.25, 0.3) is 0 Å². The minimum Gasteiger partial charge on any atom is -0.495 e. The Hall–Kier alpha value is -3.36. The van der Waals surface area contributed by atoms with Crippen LogP contribution in [0.2, 0.25) is 0 Å². The highest BCUT2D eigenvalue weighted by molar-refractivity contribution is 7.89. The van der Waals surface area contributed by atoms with Gasteiger partial charge in [0.1, 0.15) is 18.1 Å². The van der Waals surface area contributed by atoms with Crippen LogP contribution in [0.3, 0.4) is 0 Å². The second kappa shape index (κ2) is 9.63. The Labute approximate surface area is 182 Å². The van der Waals surface area contributed by atoms with Crippen LogP contribution in [0.15, 0.2) is 77.7 Å². The van der Waals surface area contributed by atoms with Gasteiger partial charge in [-0.05, 0) is 48.0 Å². The number of nitrogens with zero attached hydrogens (tertiary/aromatic N) is 1. The molecule has 0 fully saturated rings. The largest absolute Gasteiger partial charge is 0.495 e. The Bertz CT molecular complexity index is 1140. The van der Waals surface area contributed by atoms with E-state index in [1.165, 1.54) is 39.4 Å². The van der Waals surface area contributed by atoms with Gasteiger partial charge in [0.15, 0.2) is 0 Å². The summed E-state index contributed by atoms with van der Waals surface area (Å²) < 4.78 is 36.9. The molecule has 0 bridgehead atoms. The minimum atomic E-state index is -3.65. The third-order valence-electron chi connectivity index (χ3n) is 4.56. The number of carbonyl (C=O) groups is 1. The molecule has 0 saturated carbocycles. The first-order valence-electron chi connectivity index (χ1n) is 9.50. The normalized spacial score (nSPS) is 11.2. The quantitative estimate of drug-likeness (QED) is 0.576. The fraction of sp³-hybridized carbons (Fsp3) is 0.174. The molecule has 0 spiro atoms. The predicted molar refractivity (Wildman–Crippen MR) is 119 cm³/mol. The zero-order chi connectivity index (χ0) is 22.4. The highest BCUT2D eigenvalue weighted by atomic mass is 32.2. The summed E-state index contributed by atoms with van der Waals surface area (Å²) in [5, 5.41) is 2.72. The molecule has 0 saturated heterocycles. The van der Waals surface area contributed by atoms with E-state index in [1.54, 1.807) is 24.3 Å². The summed E-state index contributed by atoms with van der Waals surface area (Å²) in [6, 6.07) is 20.8. The van der Waals surface area contributed by atoms with Crippen molar-refractivity contribution in [1.29, 1.82) is 0 Å². The smallest absolute Gasteiger partial charge is 0.255 e. The van der Waals surface area contributed by atoms with Crippen molar-refractivity contribution in [2.45, 2.75) is 11.5 Å².